The quantitative estimate of drug-likeness (QED) is 0.795. The van der Waals surface area contributed by atoms with Crippen molar-refractivity contribution in [2.24, 2.45) is 0 Å². The van der Waals surface area contributed by atoms with Gasteiger partial charge < -0.3 is 10.5 Å². The first kappa shape index (κ1) is 10.4. The van der Waals surface area contributed by atoms with E-state index in [1.165, 1.54) is 6.33 Å². The molecule has 1 aromatic heterocycles. The Labute approximate surface area is 94.1 Å². The molecule has 0 unspecified atom stereocenters. The molecule has 0 fully saturated rings. The first-order valence-corrected chi connectivity index (χ1v) is 5.00. The Morgan fingerprint density at radius 3 is 2.62 bits per heavy atom. The summed E-state index contributed by atoms with van der Waals surface area (Å²) in [6, 6.07) is 9.19. The van der Waals surface area contributed by atoms with E-state index >= 15 is 0 Å². The summed E-state index contributed by atoms with van der Waals surface area (Å²) >= 11 is 0. The predicted molar refractivity (Wildman–Crippen MR) is 62.0 cm³/mol. The van der Waals surface area contributed by atoms with Gasteiger partial charge >= 0.3 is 0 Å². The Balaban J connectivity index is 1.99. The van der Waals surface area contributed by atoms with E-state index in [4.69, 9.17) is 10.5 Å². The summed E-state index contributed by atoms with van der Waals surface area (Å²) in [6.45, 7) is 2.36. The predicted octanol–water partition coefficient (Wildman–Crippen LogP) is 1.95. The molecule has 2 N–H and O–H groups in total. The van der Waals surface area contributed by atoms with Gasteiger partial charge in [0.25, 0.3) is 0 Å². The number of aryl methyl sites for hydroxylation is 1. The highest BCUT2D eigenvalue weighted by atomic mass is 16.5. The number of hydrogen-bond donors (Lipinski definition) is 1. The third-order valence-electron chi connectivity index (χ3n) is 2.13. The minimum absolute atomic E-state index is 0.438. The van der Waals surface area contributed by atoms with Crippen molar-refractivity contribution in [1.82, 2.24) is 9.97 Å². The first-order valence-electron chi connectivity index (χ1n) is 5.00. The molecule has 0 bridgehead atoms. The number of nitrogens with two attached hydrogens (primary N) is 1. The van der Waals surface area contributed by atoms with E-state index in [2.05, 4.69) is 9.97 Å². The number of anilines is 1. The molecule has 0 aliphatic heterocycles. The van der Waals surface area contributed by atoms with Gasteiger partial charge in [-0.3, -0.25) is 0 Å². The number of nitrogens with zero attached hydrogens (tertiary/aromatic N) is 2. The van der Waals surface area contributed by atoms with Gasteiger partial charge in [0.1, 0.15) is 18.7 Å². The van der Waals surface area contributed by atoms with Gasteiger partial charge in [-0.25, -0.2) is 9.97 Å². The molecule has 4 nitrogen and oxygen atoms in total. The topological polar surface area (TPSA) is 61.0 Å². The van der Waals surface area contributed by atoms with Crippen molar-refractivity contribution in [1.29, 1.82) is 0 Å². The average molecular weight is 215 g/mol. The van der Waals surface area contributed by atoms with E-state index < -0.39 is 0 Å². The van der Waals surface area contributed by atoms with Crippen LogP contribution in [0.4, 0.5) is 5.69 Å². The van der Waals surface area contributed by atoms with Crippen LogP contribution in [-0.2, 0) is 6.61 Å². The number of ether oxygens (including phenoxy) is 1. The molecular weight excluding hydrogens is 202 g/mol. The zero-order valence-corrected chi connectivity index (χ0v) is 9.05. The standard InChI is InChI=1S/C12H13N3O/c1-9-6-11(15-8-14-9)7-16-12-4-2-10(13)3-5-12/h2-6,8H,7,13H2,1H3. The van der Waals surface area contributed by atoms with Gasteiger partial charge in [0.15, 0.2) is 0 Å². The number of hydrogen-bond acceptors (Lipinski definition) is 4. The smallest absolute Gasteiger partial charge is 0.130 e. The third kappa shape index (κ3) is 2.70. The van der Waals surface area contributed by atoms with Crippen molar-refractivity contribution in [3.8, 4) is 5.75 Å². The number of benzene rings is 1. The number of rotatable bonds is 3. The molecule has 0 aliphatic rings. The van der Waals surface area contributed by atoms with Crippen molar-refractivity contribution in [3.05, 3.63) is 48.0 Å². The number of aromatic nitrogens is 2. The second kappa shape index (κ2) is 4.61. The fourth-order valence-corrected chi connectivity index (χ4v) is 1.31. The van der Waals surface area contributed by atoms with Crippen molar-refractivity contribution in [2.75, 3.05) is 5.73 Å². The monoisotopic (exact) mass is 215 g/mol. The van der Waals surface area contributed by atoms with Crippen LogP contribution in [0.2, 0.25) is 0 Å². The molecule has 0 aliphatic carbocycles. The van der Waals surface area contributed by atoms with Crippen LogP contribution in [-0.4, -0.2) is 9.97 Å². The summed E-state index contributed by atoms with van der Waals surface area (Å²) in [5, 5.41) is 0. The van der Waals surface area contributed by atoms with Crippen LogP contribution in [0.3, 0.4) is 0 Å². The third-order valence-corrected chi connectivity index (χ3v) is 2.13. The van der Waals surface area contributed by atoms with Gasteiger partial charge in [-0.05, 0) is 37.3 Å². The Morgan fingerprint density at radius 2 is 1.94 bits per heavy atom. The van der Waals surface area contributed by atoms with Crippen LogP contribution in [0, 0.1) is 6.92 Å². The fourth-order valence-electron chi connectivity index (χ4n) is 1.31. The van der Waals surface area contributed by atoms with Crippen LogP contribution in [0.15, 0.2) is 36.7 Å². The van der Waals surface area contributed by atoms with Gasteiger partial charge in [0.2, 0.25) is 0 Å². The highest BCUT2D eigenvalue weighted by Gasteiger charge is 1.97. The lowest BCUT2D eigenvalue weighted by Crippen LogP contribution is -1.99. The molecule has 0 spiro atoms. The summed E-state index contributed by atoms with van der Waals surface area (Å²) in [7, 11) is 0. The van der Waals surface area contributed by atoms with E-state index in [-0.39, 0.29) is 0 Å². The maximum Gasteiger partial charge on any atom is 0.130 e. The Morgan fingerprint density at radius 1 is 1.19 bits per heavy atom. The molecule has 2 rings (SSSR count). The van der Waals surface area contributed by atoms with E-state index in [1.54, 1.807) is 12.1 Å². The summed E-state index contributed by atoms with van der Waals surface area (Å²) in [4.78, 5) is 8.13. The largest absolute Gasteiger partial charge is 0.487 e. The zero-order chi connectivity index (χ0) is 11.4. The van der Waals surface area contributed by atoms with Crippen LogP contribution < -0.4 is 10.5 Å². The number of nitrogen functional groups attached to an aromatic ring is 1. The van der Waals surface area contributed by atoms with Gasteiger partial charge in [0.05, 0.1) is 5.69 Å². The van der Waals surface area contributed by atoms with Crippen molar-refractivity contribution < 1.29 is 4.74 Å². The highest BCUT2D eigenvalue weighted by molar-refractivity contribution is 5.41. The molecular formula is C12H13N3O. The molecule has 82 valence electrons. The summed E-state index contributed by atoms with van der Waals surface area (Å²) in [5.41, 5.74) is 8.11. The molecule has 0 atom stereocenters. The van der Waals surface area contributed by atoms with Crippen LogP contribution in [0.1, 0.15) is 11.4 Å². The van der Waals surface area contributed by atoms with Gasteiger partial charge in [-0.15, -0.1) is 0 Å². The van der Waals surface area contributed by atoms with E-state index in [9.17, 15) is 0 Å². The molecule has 0 saturated carbocycles. The molecule has 0 radical (unpaired) electrons. The average Bonchev–Trinajstić information content (AvgIpc) is 2.28. The van der Waals surface area contributed by atoms with Crippen LogP contribution >= 0.6 is 0 Å². The van der Waals surface area contributed by atoms with Crippen molar-refractivity contribution in [3.63, 3.8) is 0 Å². The zero-order valence-electron chi connectivity index (χ0n) is 9.05. The van der Waals surface area contributed by atoms with Crippen LogP contribution in [0.5, 0.6) is 5.75 Å². The summed E-state index contributed by atoms with van der Waals surface area (Å²) < 4.78 is 5.56. The van der Waals surface area contributed by atoms with Gasteiger partial charge in [-0.1, -0.05) is 0 Å². The van der Waals surface area contributed by atoms with E-state index in [0.29, 0.717) is 6.61 Å². The lowest BCUT2D eigenvalue weighted by molar-refractivity contribution is 0.301. The molecule has 1 aromatic carbocycles. The molecule has 16 heavy (non-hydrogen) atoms. The molecule has 0 amide bonds. The van der Waals surface area contributed by atoms with Gasteiger partial charge in [0, 0.05) is 11.4 Å². The second-order valence-electron chi connectivity index (χ2n) is 3.51. The highest BCUT2D eigenvalue weighted by Crippen LogP contribution is 2.14. The van der Waals surface area contributed by atoms with E-state index in [0.717, 1.165) is 22.8 Å². The van der Waals surface area contributed by atoms with Crippen LogP contribution in [0.25, 0.3) is 0 Å². The Kier molecular flexibility index (Phi) is 3.00. The lowest BCUT2D eigenvalue weighted by atomic mass is 10.3. The maximum absolute atomic E-state index is 5.58. The van der Waals surface area contributed by atoms with E-state index in [1.807, 2.05) is 25.1 Å². The Hall–Kier alpha value is -2.10. The fraction of sp³-hybridized carbons (Fsp3) is 0.167. The molecule has 0 saturated heterocycles. The lowest BCUT2D eigenvalue weighted by Gasteiger charge is -2.05. The normalized spacial score (nSPS) is 10.1. The molecule has 2 aromatic rings. The minimum Gasteiger partial charge on any atom is -0.487 e. The Bertz CT molecular complexity index is 468. The summed E-state index contributed by atoms with van der Waals surface area (Å²) in [5.74, 6) is 0.783. The van der Waals surface area contributed by atoms with Crippen molar-refractivity contribution >= 4 is 5.69 Å². The molecule has 1 heterocycles. The molecule has 4 heteroatoms. The minimum atomic E-state index is 0.438. The summed E-state index contributed by atoms with van der Waals surface area (Å²) in [6.07, 6.45) is 1.54. The first-order chi connectivity index (χ1) is 7.74. The maximum atomic E-state index is 5.58. The SMILES string of the molecule is Cc1cc(COc2ccc(N)cc2)ncn1. The second-order valence-corrected chi connectivity index (χ2v) is 3.51. The van der Waals surface area contributed by atoms with Gasteiger partial charge in [-0.2, -0.15) is 0 Å². The van der Waals surface area contributed by atoms with Crippen molar-refractivity contribution in [2.45, 2.75) is 13.5 Å².